The number of hydrogen-bond donors (Lipinski definition) is 1. The van der Waals surface area contributed by atoms with Crippen LogP contribution in [0.3, 0.4) is 0 Å². The van der Waals surface area contributed by atoms with Crippen LogP contribution in [0.25, 0.3) is 0 Å². The molecule has 1 N–H and O–H groups in total. The number of halogens is 3. The first kappa shape index (κ1) is 25.3. The van der Waals surface area contributed by atoms with Gasteiger partial charge in [-0.05, 0) is 36.4 Å². The molecule has 0 aliphatic carbocycles. The van der Waals surface area contributed by atoms with Crippen LogP contribution in [0.1, 0.15) is 21.5 Å². The van der Waals surface area contributed by atoms with Crippen molar-refractivity contribution in [2.24, 2.45) is 0 Å². The number of benzene rings is 2. The van der Waals surface area contributed by atoms with Gasteiger partial charge in [-0.1, -0.05) is 12.1 Å². The van der Waals surface area contributed by atoms with E-state index in [0.29, 0.717) is 61.3 Å². The Labute approximate surface area is 207 Å². The van der Waals surface area contributed by atoms with Crippen LogP contribution in [0, 0.1) is 0 Å². The Morgan fingerprint density at radius 1 is 1.00 bits per heavy atom. The van der Waals surface area contributed by atoms with E-state index in [0.717, 1.165) is 17.7 Å². The maximum absolute atomic E-state index is 13.1. The lowest BCUT2D eigenvalue weighted by atomic mass is 10.1. The fourth-order valence-electron chi connectivity index (χ4n) is 4.08. The largest absolute Gasteiger partial charge is 0.497 e. The van der Waals surface area contributed by atoms with Gasteiger partial charge in [-0.2, -0.15) is 13.2 Å². The Kier molecular flexibility index (Phi) is 7.64. The van der Waals surface area contributed by atoms with Crippen LogP contribution in [-0.4, -0.2) is 61.1 Å². The van der Waals surface area contributed by atoms with Crippen LogP contribution in [0.15, 0.2) is 60.8 Å². The smallest absolute Gasteiger partial charge is 0.416 e. The lowest BCUT2D eigenvalue weighted by Gasteiger charge is -2.35. The number of nitrogens with one attached hydrogen (secondary N) is 1. The molecule has 0 saturated carbocycles. The van der Waals surface area contributed by atoms with Crippen molar-refractivity contribution in [2.45, 2.75) is 12.7 Å². The van der Waals surface area contributed by atoms with Gasteiger partial charge in [0.05, 0.1) is 25.3 Å². The molecule has 0 radical (unpaired) electrons. The predicted octanol–water partition coefficient (Wildman–Crippen LogP) is 4.82. The van der Waals surface area contributed by atoms with Crippen molar-refractivity contribution in [3.63, 3.8) is 0 Å². The molecule has 36 heavy (non-hydrogen) atoms. The van der Waals surface area contributed by atoms with Gasteiger partial charge in [0.15, 0.2) is 0 Å². The summed E-state index contributed by atoms with van der Waals surface area (Å²) in [4.78, 5) is 21.4. The molecule has 2 heterocycles. The summed E-state index contributed by atoms with van der Waals surface area (Å²) in [6.07, 6.45) is -2.82. The van der Waals surface area contributed by atoms with E-state index in [2.05, 4.69) is 15.2 Å². The van der Waals surface area contributed by atoms with Crippen molar-refractivity contribution in [1.29, 1.82) is 0 Å². The molecule has 0 spiro atoms. The van der Waals surface area contributed by atoms with E-state index in [1.807, 2.05) is 6.07 Å². The van der Waals surface area contributed by atoms with Crippen molar-refractivity contribution < 1.29 is 27.4 Å². The SMILES string of the molecule is COc1ccc(C(=O)N2CCN(Cc3cccnc3Nc3cccc(C(F)(F)F)c3)CC2)c(OC)c1. The van der Waals surface area contributed by atoms with E-state index in [1.165, 1.54) is 13.2 Å². The summed E-state index contributed by atoms with van der Waals surface area (Å²) < 4.78 is 49.8. The lowest BCUT2D eigenvalue weighted by molar-refractivity contribution is -0.137. The molecule has 1 aliphatic rings. The highest BCUT2D eigenvalue weighted by Crippen LogP contribution is 2.32. The highest BCUT2D eigenvalue weighted by molar-refractivity contribution is 5.97. The van der Waals surface area contributed by atoms with Gasteiger partial charge in [0, 0.05) is 56.2 Å². The molecule has 10 heteroatoms. The van der Waals surface area contributed by atoms with E-state index in [9.17, 15) is 18.0 Å². The molecule has 0 unspecified atom stereocenters. The molecule has 7 nitrogen and oxygen atoms in total. The first-order chi connectivity index (χ1) is 17.3. The van der Waals surface area contributed by atoms with E-state index >= 15 is 0 Å². The standard InChI is InChI=1S/C26H27F3N4O3/c1-35-21-8-9-22(23(16-21)36-2)25(34)33-13-11-32(12-14-33)17-18-5-4-10-30-24(18)31-20-7-3-6-19(15-20)26(27,28)29/h3-10,15-16H,11-14,17H2,1-2H3,(H,30,31). The first-order valence-corrected chi connectivity index (χ1v) is 11.4. The summed E-state index contributed by atoms with van der Waals surface area (Å²) in [6.45, 7) is 2.89. The fraction of sp³-hybridized carbons (Fsp3) is 0.308. The van der Waals surface area contributed by atoms with Crippen LogP contribution in [-0.2, 0) is 12.7 Å². The number of alkyl halides is 3. The topological polar surface area (TPSA) is 66.9 Å². The molecule has 1 saturated heterocycles. The Hall–Kier alpha value is -3.79. The van der Waals surface area contributed by atoms with Gasteiger partial charge in [-0.15, -0.1) is 0 Å². The van der Waals surface area contributed by atoms with Crippen molar-refractivity contribution in [3.8, 4) is 11.5 Å². The van der Waals surface area contributed by atoms with Gasteiger partial charge in [-0.25, -0.2) is 4.98 Å². The number of nitrogens with zero attached hydrogens (tertiary/aromatic N) is 3. The molecular formula is C26H27F3N4O3. The van der Waals surface area contributed by atoms with Crippen molar-refractivity contribution in [2.75, 3.05) is 45.7 Å². The zero-order chi connectivity index (χ0) is 25.7. The summed E-state index contributed by atoms with van der Waals surface area (Å²) in [5, 5.41) is 3.02. The van der Waals surface area contributed by atoms with Crippen LogP contribution >= 0.6 is 0 Å². The lowest BCUT2D eigenvalue weighted by Crippen LogP contribution is -2.48. The number of anilines is 2. The second-order valence-electron chi connectivity index (χ2n) is 8.35. The average Bonchev–Trinajstić information content (AvgIpc) is 2.89. The molecular weight excluding hydrogens is 473 g/mol. The highest BCUT2D eigenvalue weighted by atomic mass is 19.4. The zero-order valence-electron chi connectivity index (χ0n) is 20.0. The zero-order valence-corrected chi connectivity index (χ0v) is 20.0. The average molecular weight is 501 g/mol. The number of rotatable bonds is 7. The maximum atomic E-state index is 13.1. The Morgan fingerprint density at radius 2 is 1.78 bits per heavy atom. The van der Waals surface area contributed by atoms with E-state index in [4.69, 9.17) is 9.47 Å². The summed E-state index contributed by atoms with van der Waals surface area (Å²) in [5.41, 5.74) is 0.922. The number of pyridine rings is 1. The Balaban J connectivity index is 1.40. The molecule has 2 aromatic carbocycles. The molecule has 1 fully saturated rings. The quantitative estimate of drug-likeness (QED) is 0.502. The second kappa shape index (κ2) is 10.9. The number of amides is 1. The van der Waals surface area contributed by atoms with Gasteiger partial charge >= 0.3 is 6.18 Å². The number of methoxy groups -OCH3 is 2. The van der Waals surface area contributed by atoms with Gasteiger partial charge in [0.1, 0.15) is 17.3 Å². The highest BCUT2D eigenvalue weighted by Gasteiger charge is 2.30. The number of ether oxygens (including phenoxy) is 2. The molecule has 1 amide bonds. The van der Waals surface area contributed by atoms with E-state index in [-0.39, 0.29) is 5.91 Å². The first-order valence-electron chi connectivity index (χ1n) is 11.4. The molecule has 190 valence electrons. The minimum absolute atomic E-state index is 0.109. The van der Waals surface area contributed by atoms with Crippen LogP contribution in [0.2, 0.25) is 0 Å². The Bertz CT molecular complexity index is 1210. The van der Waals surface area contributed by atoms with Gasteiger partial charge in [0.2, 0.25) is 0 Å². The van der Waals surface area contributed by atoms with E-state index < -0.39 is 11.7 Å². The third-order valence-electron chi connectivity index (χ3n) is 6.04. The minimum Gasteiger partial charge on any atom is -0.497 e. The number of piperazine rings is 1. The predicted molar refractivity (Wildman–Crippen MR) is 130 cm³/mol. The number of carbonyl (C=O) groups excluding carboxylic acids is 1. The number of carbonyl (C=O) groups is 1. The monoisotopic (exact) mass is 500 g/mol. The minimum atomic E-state index is -4.42. The van der Waals surface area contributed by atoms with Crippen molar-refractivity contribution >= 4 is 17.4 Å². The summed E-state index contributed by atoms with van der Waals surface area (Å²) in [7, 11) is 3.07. The van der Waals surface area contributed by atoms with Crippen LogP contribution in [0.4, 0.5) is 24.7 Å². The van der Waals surface area contributed by atoms with Crippen LogP contribution < -0.4 is 14.8 Å². The fourth-order valence-corrected chi connectivity index (χ4v) is 4.08. The van der Waals surface area contributed by atoms with Crippen LogP contribution in [0.5, 0.6) is 11.5 Å². The number of aromatic nitrogens is 1. The normalized spacial score (nSPS) is 14.4. The third-order valence-corrected chi connectivity index (χ3v) is 6.04. The van der Waals surface area contributed by atoms with Gasteiger partial charge < -0.3 is 19.7 Å². The molecule has 1 aliphatic heterocycles. The maximum Gasteiger partial charge on any atom is 0.416 e. The summed E-state index contributed by atoms with van der Waals surface area (Å²) >= 11 is 0. The molecule has 0 atom stereocenters. The molecule has 4 rings (SSSR count). The molecule has 1 aromatic heterocycles. The third kappa shape index (κ3) is 5.88. The van der Waals surface area contributed by atoms with Gasteiger partial charge in [0.25, 0.3) is 5.91 Å². The Morgan fingerprint density at radius 3 is 2.47 bits per heavy atom. The van der Waals surface area contributed by atoms with Crippen molar-refractivity contribution in [3.05, 3.63) is 77.5 Å². The van der Waals surface area contributed by atoms with E-state index in [1.54, 1.807) is 48.5 Å². The number of hydrogen-bond acceptors (Lipinski definition) is 6. The van der Waals surface area contributed by atoms with Crippen molar-refractivity contribution in [1.82, 2.24) is 14.8 Å². The summed E-state index contributed by atoms with van der Waals surface area (Å²) in [6, 6.07) is 13.8. The molecule has 0 bridgehead atoms. The second-order valence-corrected chi connectivity index (χ2v) is 8.35. The summed E-state index contributed by atoms with van der Waals surface area (Å²) in [5.74, 6) is 1.46. The van der Waals surface area contributed by atoms with Gasteiger partial charge in [-0.3, -0.25) is 9.69 Å². The molecule has 3 aromatic rings.